The lowest BCUT2D eigenvalue weighted by molar-refractivity contribution is -0.144. The Morgan fingerprint density at radius 1 is 1.00 bits per heavy atom. The molecule has 1 atom stereocenters. The number of carboxylic acid groups (broad SMARTS) is 1. The van der Waals surface area contributed by atoms with Crippen LogP contribution < -0.4 is 4.74 Å². The molecule has 3 aromatic carbocycles. The number of hydrogen-bond donors (Lipinski definition) is 1. The number of carboxylic acids is 1. The first kappa shape index (κ1) is 16.6. The summed E-state index contributed by atoms with van der Waals surface area (Å²) in [5.74, 6) is -0.530. The van der Waals surface area contributed by atoms with Gasteiger partial charge in [-0.2, -0.15) is 0 Å². The van der Waals surface area contributed by atoms with Crippen LogP contribution in [0.2, 0.25) is 10.0 Å². The monoisotopic (exact) mass is 360 g/mol. The van der Waals surface area contributed by atoms with Gasteiger partial charge in [-0.25, -0.2) is 4.79 Å². The molecule has 0 aliphatic heterocycles. The summed E-state index contributed by atoms with van der Waals surface area (Å²) in [5.41, 5.74) is 0.636. The Hall–Kier alpha value is -2.23. The number of hydrogen-bond acceptors (Lipinski definition) is 2. The van der Waals surface area contributed by atoms with E-state index in [2.05, 4.69) is 0 Å². The van der Waals surface area contributed by atoms with Crippen LogP contribution in [0.4, 0.5) is 0 Å². The Balaban J connectivity index is 1.92. The topological polar surface area (TPSA) is 46.5 Å². The number of fused-ring (bicyclic) bond motifs is 1. The normalized spacial score (nSPS) is 12.1. The van der Waals surface area contributed by atoms with Crippen molar-refractivity contribution in [2.24, 2.45) is 0 Å². The van der Waals surface area contributed by atoms with Crippen LogP contribution in [-0.4, -0.2) is 17.2 Å². The molecule has 0 unspecified atom stereocenters. The zero-order valence-corrected chi connectivity index (χ0v) is 14.1. The van der Waals surface area contributed by atoms with Crippen LogP contribution in [0.15, 0.2) is 60.7 Å². The summed E-state index contributed by atoms with van der Waals surface area (Å²) in [6.45, 7) is 0. The molecule has 0 spiro atoms. The second-order valence-electron chi connectivity index (χ2n) is 5.34. The van der Waals surface area contributed by atoms with E-state index in [1.54, 1.807) is 24.3 Å². The van der Waals surface area contributed by atoms with Gasteiger partial charge in [0.15, 0.2) is 6.10 Å². The summed E-state index contributed by atoms with van der Waals surface area (Å²) >= 11 is 12.2. The third-order valence-corrected chi connectivity index (χ3v) is 4.59. The zero-order valence-electron chi connectivity index (χ0n) is 12.6. The van der Waals surface area contributed by atoms with Crippen molar-refractivity contribution in [3.8, 4) is 5.75 Å². The van der Waals surface area contributed by atoms with Crippen molar-refractivity contribution >= 4 is 39.9 Å². The van der Waals surface area contributed by atoms with Crippen LogP contribution in [0.5, 0.6) is 5.75 Å². The van der Waals surface area contributed by atoms with Crippen LogP contribution >= 0.6 is 23.2 Å². The third-order valence-electron chi connectivity index (χ3n) is 3.73. The highest BCUT2D eigenvalue weighted by Gasteiger charge is 2.22. The third kappa shape index (κ3) is 3.48. The predicted molar refractivity (Wildman–Crippen MR) is 96.2 cm³/mol. The van der Waals surface area contributed by atoms with Gasteiger partial charge in [0.05, 0.1) is 10.0 Å². The maximum absolute atomic E-state index is 11.6. The van der Waals surface area contributed by atoms with Crippen LogP contribution in [0, 0.1) is 0 Å². The molecule has 24 heavy (non-hydrogen) atoms. The molecule has 3 rings (SSSR count). The SMILES string of the molecule is O=C(O)[C@@H](Cc1cccc(Cl)c1Cl)Oc1cccc2ccccc12. The van der Waals surface area contributed by atoms with Gasteiger partial charge in [0.2, 0.25) is 0 Å². The summed E-state index contributed by atoms with van der Waals surface area (Å²) in [6.07, 6.45) is -0.940. The fourth-order valence-corrected chi connectivity index (χ4v) is 2.93. The minimum Gasteiger partial charge on any atom is -0.478 e. The molecule has 0 fully saturated rings. The summed E-state index contributed by atoms with van der Waals surface area (Å²) in [4.78, 5) is 11.6. The van der Waals surface area contributed by atoms with Gasteiger partial charge in [-0.15, -0.1) is 0 Å². The Kier molecular flexibility index (Phi) is 4.93. The molecule has 3 nitrogen and oxygen atoms in total. The lowest BCUT2D eigenvalue weighted by Gasteiger charge is -2.17. The number of halogens is 2. The summed E-state index contributed by atoms with van der Waals surface area (Å²) in [6, 6.07) is 18.4. The number of ether oxygens (including phenoxy) is 1. The smallest absolute Gasteiger partial charge is 0.345 e. The van der Waals surface area contributed by atoms with Crippen LogP contribution in [0.25, 0.3) is 10.8 Å². The van der Waals surface area contributed by atoms with Crippen LogP contribution in [0.1, 0.15) is 5.56 Å². The Morgan fingerprint density at radius 3 is 2.50 bits per heavy atom. The molecule has 0 amide bonds. The van der Waals surface area contributed by atoms with E-state index in [0.29, 0.717) is 21.4 Å². The maximum atomic E-state index is 11.6. The summed E-state index contributed by atoms with van der Waals surface area (Å²) < 4.78 is 5.79. The second kappa shape index (κ2) is 7.12. The lowest BCUT2D eigenvalue weighted by Crippen LogP contribution is -2.29. The zero-order chi connectivity index (χ0) is 17.1. The van der Waals surface area contributed by atoms with E-state index in [-0.39, 0.29) is 6.42 Å². The van der Waals surface area contributed by atoms with Gasteiger partial charge in [0, 0.05) is 11.8 Å². The highest BCUT2D eigenvalue weighted by atomic mass is 35.5. The largest absolute Gasteiger partial charge is 0.478 e. The highest BCUT2D eigenvalue weighted by molar-refractivity contribution is 6.42. The predicted octanol–water partition coefficient (Wildman–Crippen LogP) is 5.22. The van der Waals surface area contributed by atoms with Crippen molar-refractivity contribution in [1.82, 2.24) is 0 Å². The van der Waals surface area contributed by atoms with E-state index in [1.807, 2.05) is 36.4 Å². The molecular weight excluding hydrogens is 347 g/mol. The van der Waals surface area contributed by atoms with Crippen LogP contribution in [-0.2, 0) is 11.2 Å². The fraction of sp³-hybridized carbons (Fsp3) is 0.105. The average Bonchev–Trinajstić information content (AvgIpc) is 2.58. The van der Waals surface area contributed by atoms with Crippen molar-refractivity contribution < 1.29 is 14.6 Å². The van der Waals surface area contributed by atoms with E-state index in [0.717, 1.165) is 10.8 Å². The van der Waals surface area contributed by atoms with E-state index in [1.165, 1.54) is 0 Å². The molecule has 0 aromatic heterocycles. The first-order chi connectivity index (χ1) is 11.6. The van der Waals surface area contributed by atoms with Crippen molar-refractivity contribution in [3.05, 3.63) is 76.3 Å². The average molecular weight is 361 g/mol. The first-order valence-corrected chi connectivity index (χ1v) is 8.12. The van der Waals surface area contributed by atoms with Gasteiger partial charge in [0.25, 0.3) is 0 Å². The maximum Gasteiger partial charge on any atom is 0.345 e. The molecule has 0 saturated carbocycles. The summed E-state index contributed by atoms with van der Waals surface area (Å²) in [5, 5.41) is 12.1. The van der Waals surface area contributed by atoms with E-state index in [9.17, 15) is 9.90 Å². The van der Waals surface area contributed by atoms with Gasteiger partial charge in [-0.3, -0.25) is 0 Å². The first-order valence-electron chi connectivity index (χ1n) is 7.36. The molecule has 0 radical (unpaired) electrons. The Morgan fingerprint density at radius 2 is 1.71 bits per heavy atom. The van der Waals surface area contributed by atoms with Gasteiger partial charge in [0.1, 0.15) is 5.75 Å². The fourth-order valence-electron chi connectivity index (χ4n) is 2.54. The van der Waals surface area contributed by atoms with Crippen molar-refractivity contribution in [1.29, 1.82) is 0 Å². The minimum absolute atomic E-state index is 0.123. The van der Waals surface area contributed by atoms with Gasteiger partial charge in [-0.05, 0) is 23.1 Å². The standard InChI is InChI=1S/C19H14Cl2O3/c20-15-9-3-7-13(18(15)21)11-17(19(22)23)24-16-10-4-6-12-5-1-2-8-14(12)16/h1-10,17H,11H2,(H,22,23)/t17-/m1/s1. The number of carbonyl (C=O) groups is 1. The van der Waals surface area contributed by atoms with Crippen molar-refractivity contribution in [2.75, 3.05) is 0 Å². The number of benzene rings is 3. The molecule has 1 N–H and O–H groups in total. The quantitative estimate of drug-likeness (QED) is 0.678. The Bertz CT molecular complexity index is 887. The van der Waals surface area contributed by atoms with Crippen molar-refractivity contribution in [3.63, 3.8) is 0 Å². The molecule has 0 bridgehead atoms. The highest BCUT2D eigenvalue weighted by Crippen LogP contribution is 2.29. The number of aliphatic carboxylic acids is 1. The van der Waals surface area contributed by atoms with E-state index >= 15 is 0 Å². The molecule has 0 aliphatic rings. The molecule has 3 aromatic rings. The summed E-state index contributed by atoms with van der Waals surface area (Å²) in [7, 11) is 0. The molecular formula is C19H14Cl2O3. The molecule has 122 valence electrons. The van der Waals surface area contributed by atoms with Crippen molar-refractivity contribution in [2.45, 2.75) is 12.5 Å². The molecule has 0 aliphatic carbocycles. The Labute approximate surface area is 149 Å². The van der Waals surface area contributed by atoms with Crippen LogP contribution in [0.3, 0.4) is 0 Å². The minimum atomic E-state index is -1.06. The van der Waals surface area contributed by atoms with E-state index < -0.39 is 12.1 Å². The molecule has 0 heterocycles. The van der Waals surface area contributed by atoms with Gasteiger partial charge in [-0.1, -0.05) is 71.7 Å². The second-order valence-corrected chi connectivity index (χ2v) is 6.12. The van der Waals surface area contributed by atoms with Gasteiger partial charge < -0.3 is 9.84 Å². The molecule has 5 heteroatoms. The lowest BCUT2D eigenvalue weighted by atomic mass is 10.1. The number of rotatable bonds is 5. The van der Waals surface area contributed by atoms with Gasteiger partial charge >= 0.3 is 5.97 Å². The molecule has 0 saturated heterocycles. The van der Waals surface area contributed by atoms with E-state index in [4.69, 9.17) is 27.9 Å².